The molecule has 1 saturated carbocycles. The maximum atomic E-state index is 9.42. The highest BCUT2D eigenvalue weighted by Gasteiger charge is 2.45. The van der Waals surface area contributed by atoms with Gasteiger partial charge in [0.2, 0.25) is 0 Å². The van der Waals surface area contributed by atoms with E-state index in [1.54, 1.807) is 0 Å². The molecule has 1 fully saturated rings. The van der Waals surface area contributed by atoms with Crippen molar-refractivity contribution in [1.82, 2.24) is 5.32 Å². The van der Waals surface area contributed by atoms with Gasteiger partial charge in [0.1, 0.15) is 5.54 Å². The minimum atomic E-state index is -0.686. The van der Waals surface area contributed by atoms with E-state index in [1.807, 2.05) is 13.8 Å². The lowest BCUT2D eigenvalue weighted by Crippen LogP contribution is -2.51. The van der Waals surface area contributed by atoms with E-state index in [0.29, 0.717) is 17.4 Å². The van der Waals surface area contributed by atoms with Crippen LogP contribution in [0.3, 0.4) is 0 Å². The van der Waals surface area contributed by atoms with E-state index >= 15 is 0 Å². The highest BCUT2D eigenvalue weighted by atomic mass is 32.2. The van der Waals surface area contributed by atoms with E-state index in [2.05, 4.69) is 11.4 Å². The van der Waals surface area contributed by atoms with Crippen molar-refractivity contribution in [3.05, 3.63) is 0 Å². The molecule has 1 rings (SSSR count). The Morgan fingerprint density at radius 1 is 1.53 bits per heavy atom. The van der Waals surface area contributed by atoms with E-state index in [0.717, 1.165) is 12.8 Å². The molecule has 0 spiro atoms. The van der Waals surface area contributed by atoms with Crippen LogP contribution in [0.5, 0.6) is 0 Å². The van der Waals surface area contributed by atoms with Crippen LogP contribution in [0.1, 0.15) is 26.7 Å². The number of nitriles is 1. The van der Waals surface area contributed by atoms with Gasteiger partial charge in [-0.2, -0.15) is 17.0 Å². The summed E-state index contributed by atoms with van der Waals surface area (Å²) >= 11 is 1.53. The Labute approximate surface area is 107 Å². The molecule has 1 aliphatic rings. The van der Waals surface area contributed by atoms with Crippen molar-refractivity contribution in [3.63, 3.8) is 0 Å². The van der Waals surface area contributed by atoms with E-state index < -0.39 is 11.6 Å². The van der Waals surface area contributed by atoms with Crippen molar-refractivity contribution in [3.8, 4) is 6.07 Å². The fourth-order valence-corrected chi connectivity index (χ4v) is 3.13. The number of nitrogens with zero attached hydrogens (tertiary/aromatic N) is 1. The van der Waals surface area contributed by atoms with Gasteiger partial charge in [0.25, 0.3) is 0 Å². The Hall–Kier alpha value is -0.280. The number of aliphatic hydroxyl groups is 2. The second-order valence-corrected chi connectivity index (χ2v) is 6.04. The van der Waals surface area contributed by atoms with E-state index in [-0.39, 0.29) is 12.6 Å². The number of thioether (sulfide) groups is 1. The zero-order valence-electron chi connectivity index (χ0n) is 10.5. The van der Waals surface area contributed by atoms with Crippen LogP contribution in [0.25, 0.3) is 0 Å². The van der Waals surface area contributed by atoms with Crippen LogP contribution in [0.2, 0.25) is 0 Å². The number of nitrogens with one attached hydrogen (secondary N) is 1. The van der Waals surface area contributed by atoms with Crippen molar-refractivity contribution in [2.75, 3.05) is 18.1 Å². The van der Waals surface area contributed by atoms with Gasteiger partial charge in [0.05, 0.1) is 18.8 Å². The first-order valence-electron chi connectivity index (χ1n) is 6.09. The second kappa shape index (κ2) is 6.60. The first-order chi connectivity index (χ1) is 8.04. The van der Waals surface area contributed by atoms with Crippen molar-refractivity contribution in [2.24, 2.45) is 5.92 Å². The summed E-state index contributed by atoms with van der Waals surface area (Å²) in [6, 6.07) is 2.70. The maximum absolute atomic E-state index is 9.42. The third-order valence-corrected chi connectivity index (χ3v) is 4.15. The van der Waals surface area contributed by atoms with Gasteiger partial charge in [-0.1, -0.05) is 0 Å². The predicted molar refractivity (Wildman–Crippen MR) is 69.8 cm³/mol. The highest BCUT2D eigenvalue weighted by Crippen LogP contribution is 2.41. The summed E-state index contributed by atoms with van der Waals surface area (Å²) in [5.41, 5.74) is -0.464. The van der Waals surface area contributed by atoms with Crippen LogP contribution in [-0.4, -0.2) is 46.0 Å². The average Bonchev–Trinajstić information content (AvgIpc) is 3.10. The number of rotatable bonds is 8. The van der Waals surface area contributed by atoms with Crippen molar-refractivity contribution < 1.29 is 10.2 Å². The van der Waals surface area contributed by atoms with Gasteiger partial charge >= 0.3 is 0 Å². The van der Waals surface area contributed by atoms with Crippen LogP contribution in [0, 0.1) is 17.2 Å². The molecule has 0 aromatic rings. The molecule has 17 heavy (non-hydrogen) atoms. The van der Waals surface area contributed by atoms with Crippen LogP contribution >= 0.6 is 11.8 Å². The van der Waals surface area contributed by atoms with Crippen molar-refractivity contribution in [1.29, 1.82) is 5.26 Å². The Balaban J connectivity index is 2.49. The summed E-state index contributed by atoms with van der Waals surface area (Å²) in [5.74, 6) is 1.59. The molecule has 0 aliphatic heterocycles. The number of aliphatic hydroxyl groups excluding tert-OH is 2. The lowest BCUT2D eigenvalue weighted by molar-refractivity contribution is 0.113. The first kappa shape index (κ1) is 14.8. The zero-order chi connectivity index (χ0) is 12.9. The summed E-state index contributed by atoms with van der Waals surface area (Å²) in [6.45, 7) is 3.87. The van der Waals surface area contributed by atoms with Crippen LogP contribution in [-0.2, 0) is 0 Å². The molecule has 3 N–H and O–H groups in total. The maximum Gasteiger partial charge on any atom is 0.118 e. The third-order valence-electron chi connectivity index (χ3n) is 2.87. The number of hydrogen-bond acceptors (Lipinski definition) is 5. The Bertz CT molecular complexity index is 276. The molecule has 0 amide bonds. The minimum absolute atomic E-state index is 0.215. The van der Waals surface area contributed by atoms with Crippen LogP contribution in [0.15, 0.2) is 0 Å². The topological polar surface area (TPSA) is 76.3 Å². The molecular formula is C12H22N2O2S. The summed E-state index contributed by atoms with van der Waals surface area (Å²) in [7, 11) is 0. The summed E-state index contributed by atoms with van der Waals surface area (Å²) in [6.07, 6.45) is 1.53. The van der Waals surface area contributed by atoms with Gasteiger partial charge in [-0.05, 0) is 32.6 Å². The Morgan fingerprint density at radius 3 is 2.59 bits per heavy atom. The van der Waals surface area contributed by atoms with E-state index in [4.69, 9.17) is 5.11 Å². The SMILES string of the molecule is CC(C)NC(C#N)(CSCC(O)CO)C1CC1. The third kappa shape index (κ3) is 4.47. The number of hydrogen-bond donors (Lipinski definition) is 3. The Kier molecular flexibility index (Phi) is 5.74. The molecule has 4 nitrogen and oxygen atoms in total. The molecule has 0 heterocycles. The van der Waals surface area contributed by atoms with Crippen molar-refractivity contribution >= 4 is 11.8 Å². The smallest absolute Gasteiger partial charge is 0.118 e. The molecule has 0 saturated heterocycles. The van der Waals surface area contributed by atoms with Gasteiger partial charge in [-0.25, -0.2) is 0 Å². The molecule has 1 aliphatic carbocycles. The monoisotopic (exact) mass is 258 g/mol. The summed E-state index contributed by atoms with van der Waals surface area (Å²) in [5, 5.41) is 30.8. The molecule has 2 atom stereocenters. The predicted octanol–water partition coefficient (Wildman–Crippen LogP) is 0.743. The van der Waals surface area contributed by atoms with Crippen molar-refractivity contribution in [2.45, 2.75) is 44.4 Å². The lowest BCUT2D eigenvalue weighted by atomic mass is 9.96. The molecule has 0 radical (unpaired) electrons. The molecule has 0 aromatic heterocycles. The zero-order valence-corrected chi connectivity index (χ0v) is 11.3. The molecule has 0 bridgehead atoms. The standard InChI is InChI=1S/C12H22N2O2S/c1-9(2)14-12(7-13,10-3-4-10)8-17-6-11(16)5-15/h9-11,14-16H,3-6,8H2,1-2H3. The first-order valence-corrected chi connectivity index (χ1v) is 7.25. The quantitative estimate of drug-likeness (QED) is 0.599. The summed E-state index contributed by atoms with van der Waals surface area (Å²) < 4.78 is 0. The highest BCUT2D eigenvalue weighted by molar-refractivity contribution is 7.99. The molecule has 2 unspecified atom stereocenters. The van der Waals surface area contributed by atoms with Crippen LogP contribution < -0.4 is 5.32 Å². The van der Waals surface area contributed by atoms with E-state index in [9.17, 15) is 10.4 Å². The fraction of sp³-hybridized carbons (Fsp3) is 0.917. The van der Waals surface area contributed by atoms with Gasteiger partial charge in [-0.3, -0.25) is 5.32 Å². The largest absolute Gasteiger partial charge is 0.394 e. The Morgan fingerprint density at radius 2 is 2.18 bits per heavy atom. The molecule has 5 heteroatoms. The normalized spacial score (nSPS) is 20.9. The van der Waals surface area contributed by atoms with Crippen LogP contribution in [0.4, 0.5) is 0 Å². The van der Waals surface area contributed by atoms with Gasteiger partial charge in [0.15, 0.2) is 0 Å². The minimum Gasteiger partial charge on any atom is -0.394 e. The van der Waals surface area contributed by atoms with Gasteiger partial charge in [-0.15, -0.1) is 0 Å². The van der Waals surface area contributed by atoms with E-state index in [1.165, 1.54) is 11.8 Å². The fourth-order valence-electron chi connectivity index (χ4n) is 1.93. The molecular weight excluding hydrogens is 236 g/mol. The molecule has 98 valence electrons. The lowest BCUT2D eigenvalue weighted by Gasteiger charge is -2.30. The van der Waals surface area contributed by atoms with Gasteiger partial charge < -0.3 is 10.2 Å². The molecule has 0 aromatic carbocycles. The summed E-state index contributed by atoms with van der Waals surface area (Å²) in [4.78, 5) is 0. The van der Waals surface area contributed by atoms with Gasteiger partial charge in [0, 0.05) is 17.5 Å². The second-order valence-electron chi connectivity index (χ2n) is 5.01. The average molecular weight is 258 g/mol.